The van der Waals surface area contributed by atoms with Gasteiger partial charge in [0.05, 0.1) is 18.0 Å². The van der Waals surface area contributed by atoms with Gasteiger partial charge in [0, 0.05) is 6.92 Å². The van der Waals surface area contributed by atoms with Crippen molar-refractivity contribution in [1.82, 2.24) is 0 Å². The predicted octanol–water partition coefficient (Wildman–Crippen LogP) is 2.72. The standard InChI is InChI=1S/C22H21N3O4/c1-4-29-17-10-8-15(9-11-17)24-21(27)18-19(14(3)26)23-25(20(18)22(24)28)16-7-5-6-13(2)12-16/h5-12,18,20H,4H2,1-3H3/t18-,20+/m0/s1. The zero-order valence-corrected chi connectivity index (χ0v) is 16.5. The molecule has 2 aromatic carbocycles. The fourth-order valence-electron chi connectivity index (χ4n) is 3.80. The Hall–Kier alpha value is -3.48. The lowest BCUT2D eigenvalue weighted by atomic mass is 9.95. The largest absolute Gasteiger partial charge is 0.494 e. The summed E-state index contributed by atoms with van der Waals surface area (Å²) in [4.78, 5) is 39.8. The smallest absolute Gasteiger partial charge is 0.259 e. The first kappa shape index (κ1) is 18.9. The molecule has 2 aliphatic rings. The lowest BCUT2D eigenvalue weighted by Gasteiger charge is -2.22. The van der Waals surface area contributed by atoms with Gasteiger partial charge in [0.2, 0.25) is 5.91 Å². The number of carbonyl (C=O) groups is 3. The van der Waals surface area contributed by atoms with Crippen LogP contribution in [0.15, 0.2) is 53.6 Å². The maximum Gasteiger partial charge on any atom is 0.259 e. The molecule has 0 radical (unpaired) electrons. The fourth-order valence-corrected chi connectivity index (χ4v) is 3.80. The lowest BCUT2D eigenvalue weighted by molar-refractivity contribution is -0.122. The van der Waals surface area contributed by atoms with Crippen LogP contribution in [0.1, 0.15) is 19.4 Å². The summed E-state index contributed by atoms with van der Waals surface area (Å²) in [6.45, 7) is 5.70. The molecule has 0 spiro atoms. The van der Waals surface area contributed by atoms with Crippen LogP contribution in [-0.4, -0.2) is 36.0 Å². The third-order valence-electron chi connectivity index (χ3n) is 5.08. The molecule has 148 valence electrons. The Labute approximate surface area is 168 Å². The van der Waals surface area contributed by atoms with E-state index in [-0.39, 0.29) is 11.5 Å². The monoisotopic (exact) mass is 391 g/mol. The molecule has 0 bridgehead atoms. The van der Waals surface area contributed by atoms with Crippen LogP contribution in [-0.2, 0) is 14.4 Å². The van der Waals surface area contributed by atoms with Crippen molar-refractivity contribution >= 4 is 34.7 Å². The number of aryl methyl sites for hydroxylation is 1. The minimum Gasteiger partial charge on any atom is -0.494 e. The van der Waals surface area contributed by atoms with Gasteiger partial charge in [0.15, 0.2) is 5.78 Å². The minimum absolute atomic E-state index is 0.114. The summed E-state index contributed by atoms with van der Waals surface area (Å²) in [5.74, 6) is -1.40. The first-order valence-corrected chi connectivity index (χ1v) is 9.48. The second-order valence-electron chi connectivity index (χ2n) is 7.09. The van der Waals surface area contributed by atoms with E-state index in [0.717, 1.165) is 10.5 Å². The van der Waals surface area contributed by atoms with Gasteiger partial charge in [0.25, 0.3) is 5.91 Å². The third kappa shape index (κ3) is 3.08. The number of hydrogen-bond donors (Lipinski definition) is 0. The Morgan fingerprint density at radius 3 is 2.41 bits per heavy atom. The maximum atomic E-state index is 13.3. The highest BCUT2D eigenvalue weighted by Gasteiger charge is 2.58. The molecule has 2 amide bonds. The van der Waals surface area contributed by atoms with Crippen LogP contribution >= 0.6 is 0 Å². The highest BCUT2D eigenvalue weighted by molar-refractivity contribution is 6.48. The van der Waals surface area contributed by atoms with Crippen molar-refractivity contribution in [3.8, 4) is 5.75 Å². The van der Waals surface area contributed by atoms with Crippen molar-refractivity contribution < 1.29 is 19.1 Å². The summed E-state index contributed by atoms with van der Waals surface area (Å²) in [7, 11) is 0. The van der Waals surface area contributed by atoms with Gasteiger partial charge in [-0.25, -0.2) is 4.90 Å². The van der Waals surface area contributed by atoms with Crippen molar-refractivity contribution in [1.29, 1.82) is 0 Å². The number of nitrogens with zero attached hydrogens (tertiary/aromatic N) is 3. The Balaban J connectivity index is 1.74. The van der Waals surface area contributed by atoms with E-state index in [1.807, 2.05) is 38.1 Å². The molecule has 2 aromatic rings. The number of benzene rings is 2. The average molecular weight is 391 g/mol. The Bertz CT molecular complexity index is 1030. The van der Waals surface area contributed by atoms with Gasteiger partial charge < -0.3 is 4.74 Å². The quantitative estimate of drug-likeness (QED) is 0.733. The number of hydrazone groups is 1. The number of Topliss-reactive ketones (excluding diaryl/α,β-unsaturated/α-hetero) is 1. The molecule has 2 atom stereocenters. The van der Waals surface area contributed by atoms with E-state index in [1.165, 1.54) is 11.9 Å². The van der Waals surface area contributed by atoms with Crippen LogP contribution in [0.5, 0.6) is 5.75 Å². The van der Waals surface area contributed by atoms with Crippen LogP contribution in [0.3, 0.4) is 0 Å². The van der Waals surface area contributed by atoms with Gasteiger partial charge in [-0.05, 0) is 55.8 Å². The van der Waals surface area contributed by atoms with Crippen molar-refractivity contribution in [2.24, 2.45) is 11.0 Å². The number of amides is 2. The highest BCUT2D eigenvalue weighted by atomic mass is 16.5. The summed E-state index contributed by atoms with van der Waals surface area (Å²) in [6.07, 6.45) is 0. The number of imide groups is 1. The summed E-state index contributed by atoms with van der Waals surface area (Å²) in [6, 6.07) is 13.4. The number of rotatable bonds is 5. The molecule has 7 heteroatoms. The highest BCUT2D eigenvalue weighted by Crippen LogP contribution is 2.38. The zero-order valence-electron chi connectivity index (χ0n) is 16.5. The molecule has 7 nitrogen and oxygen atoms in total. The zero-order chi connectivity index (χ0) is 20.7. The van der Waals surface area contributed by atoms with E-state index in [4.69, 9.17) is 4.74 Å². The number of fused-ring (bicyclic) bond motifs is 1. The van der Waals surface area contributed by atoms with Crippen molar-refractivity contribution in [2.75, 3.05) is 16.5 Å². The molecule has 1 saturated heterocycles. The van der Waals surface area contributed by atoms with E-state index in [2.05, 4.69) is 5.10 Å². The van der Waals surface area contributed by atoms with Crippen LogP contribution in [0.25, 0.3) is 0 Å². The maximum absolute atomic E-state index is 13.3. The number of ketones is 1. The Kier molecular flexibility index (Phi) is 4.66. The van der Waals surface area contributed by atoms with E-state index >= 15 is 0 Å². The average Bonchev–Trinajstić information content (AvgIpc) is 3.21. The first-order chi connectivity index (χ1) is 13.9. The lowest BCUT2D eigenvalue weighted by Crippen LogP contribution is -2.39. The molecule has 2 aliphatic heterocycles. The molecule has 0 aliphatic carbocycles. The van der Waals surface area contributed by atoms with Gasteiger partial charge in [-0.2, -0.15) is 5.10 Å². The molecule has 29 heavy (non-hydrogen) atoms. The minimum atomic E-state index is -0.910. The van der Waals surface area contributed by atoms with E-state index < -0.39 is 23.8 Å². The predicted molar refractivity (Wildman–Crippen MR) is 109 cm³/mol. The first-order valence-electron chi connectivity index (χ1n) is 9.48. The van der Waals surface area contributed by atoms with E-state index in [0.29, 0.717) is 23.7 Å². The number of hydrogen-bond acceptors (Lipinski definition) is 6. The molecule has 2 heterocycles. The van der Waals surface area contributed by atoms with Crippen molar-refractivity contribution in [3.05, 3.63) is 54.1 Å². The van der Waals surface area contributed by atoms with Gasteiger partial charge in [-0.15, -0.1) is 0 Å². The topological polar surface area (TPSA) is 79.3 Å². The molecular weight excluding hydrogens is 370 g/mol. The van der Waals surface area contributed by atoms with Crippen LogP contribution in [0.4, 0.5) is 11.4 Å². The number of ether oxygens (including phenoxy) is 1. The van der Waals surface area contributed by atoms with Gasteiger partial charge in [-0.3, -0.25) is 19.4 Å². The number of carbonyl (C=O) groups excluding carboxylic acids is 3. The summed E-state index contributed by atoms with van der Waals surface area (Å²) >= 11 is 0. The van der Waals surface area contributed by atoms with Crippen LogP contribution in [0.2, 0.25) is 0 Å². The van der Waals surface area contributed by atoms with Gasteiger partial charge in [-0.1, -0.05) is 12.1 Å². The molecule has 1 fully saturated rings. The summed E-state index contributed by atoms with van der Waals surface area (Å²) in [5.41, 5.74) is 2.23. The second-order valence-corrected chi connectivity index (χ2v) is 7.09. The number of anilines is 2. The summed E-state index contributed by atoms with van der Waals surface area (Å²) < 4.78 is 5.43. The third-order valence-corrected chi connectivity index (χ3v) is 5.08. The van der Waals surface area contributed by atoms with Gasteiger partial charge in [0.1, 0.15) is 23.4 Å². The summed E-state index contributed by atoms with van der Waals surface area (Å²) in [5, 5.41) is 5.87. The normalized spacial score (nSPS) is 20.7. The van der Waals surface area contributed by atoms with E-state index in [9.17, 15) is 14.4 Å². The molecular formula is C22H21N3O4. The Morgan fingerprint density at radius 2 is 1.79 bits per heavy atom. The molecule has 0 saturated carbocycles. The van der Waals surface area contributed by atoms with Crippen molar-refractivity contribution in [2.45, 2.75) is 26.8 Å². The van der Waals surface area contributed by atoms with E-state index in [1.54, 1.807) is 24.3 Å². The molecule has 0 unspecified atom stereocenters. The fraction of sp³-hybridized carbons (Fsp3) is 0.273. The van der Waals surface area contributed by atoms with Gasteiger partial charge >= 0.3 is 0 Å². The van der Waals surface area contributed by atoms with Crippen LogP contribution < -0.4 is 14.6 Å². The van der Waals surface area contributed by atoms with Crippen molar-refractivity contribution in [3.63, 3.8) is 0 Å². The second kappa shape index (κ2) is 7.16. The van der Waals surface area contributed by atoms with Crippen LogP contribution in [0, 0.1) is 12.8 Å². The molecule has 4 rings (SSSR count). The SMILES string of the molecule is CCOc1ccc(N2C(=O)[C@H]3C(C(C)=O)=NN(c4cccc(C)c4)[C@H]3C2=O)cc1. The molecule has 0 N–H and O–H groups in total. The molecule has 0 aromatic heterocycles. The Morgan fingerprint density at radius 1 is 1.07 bits per heavy atom.